The quantitative estimate of drug-likeness (QED) is 0.0200. The van der Waals surface area contributed by atoms with Gasteiger partial charge in [0.05, 0.1) is 58.9 Å². The number of amidine groups is 1. The summed E-state index contributed by atoms with van der Waals surface area (Å²) in [5, 5.41) is 7.96. The van der Waals surface area contributed by atoms with E-state index in [0.29, 0.717) is 79.2 Å². The van der Waals surface area contributed by atoms with Gasteiger partial charge in [-0.2, -0.15) is 0 Å². The van der Waals surface area contributed by atoms with Gasteiger partial charge in [0.15, 0.2) is 5.78 Å². The van der Waals surface area contributed by atoms with Gasteiger partial charge in [0.25, 0.3) is 5.91 Å². The van der Waals surface area contributed by atoms with E-state index in [1.54, 1.807) is 63.4 Å². The maximum Gasteiger partial charge on any atom is 0.328 e. The zero-order valence-electron chi connectivity index (χ0n) is 48.2. The molecule has 440 valence electrons. The van der Waals surface area contributed by atoms with Crippen LogP contribution in [-0.2, 0) is 61.4 Å². The van der Waals surface area contributed by atoms with E-state index >= 15 is 0 Å². The summed E-state index contributed by atoms with van der Waals surface area (Å²) < 4.78 is 29.1. The molecule has 0 bridgehead atoms. The molecular formula is C64H76N6O13. The van der Waals surface area contributed by atoms with E-state index in [1.165, 1.54) is 14.2 Å². The number of fused-ring (bicyclic) bond motifs is 1. The highest BCUT2D eigenvalue weighted by atomic mass is 16.5. The van der Waals surface area contributed by atoms with Gasteiger partial charge in [-0.3, -0.25) is 33.6 Å². The Balaban J connectivity index is 0.905. The van der Waals surface area contributed by atoms with E-state index in [1.807, 2.05) is 78.9 Å². The molecule has 7 rings (SSSR count). The first-order chi connectivity index (χ1) is 40.0. The number of hydrogen-bond acceptors (Lipinski definition) is 14. The Labute approximate surface area is 484 Å². The molecule has 4 amide bonds. The number of nitrogens with zero attached hydrogens (tertiary/aromatic N) is 2. The molecule has 3 atom stereocenters. The van der Waals surface area contributed by atoms with Gasteiger partial charge in [-0.25, -0.2) is 9.79 Å². The van der Waals surface area contributed by atoms with Crippen LogP contribution in [0.4, 0.5) is 5.82 Å². The maximum absolute atomic E-state index is 14.2. The van der Waals surface area contributed by atoms with Crippen molar-refractivity contribution >= 4 is 58.8 Å². The predicted octanol–water partition coefficient (Wildman–Crippen LogP) is 8.21. The van der Waals surface area contributed by atoms with Gasteiger partial charge in [-0.1, -0.05) is 93.4 Å². The number of aryl methyl sites for hydroxylation is 2. The Morgan fingerprint density at radius 2 is 1.39 bits per heavy atom. The van der Waals surface area contributed by atoms with E-state index in [-0.39, 0.29) is 93.3 Å². The lowest BCUT2D eigenvalue weighted by atomic mass is 9.80. The molecule has 5 aromatic rings. The number of nitrogens with one attached hydrogen (secondary N) is 4. The average Bonchev–Trinajstić information content (AvgIpc) is 3.09. The highest BCUT2D eigenvalue weighted by molar-refractivity contribution is 6.18. The van der Waals surface area contributed by atoms with Crippen LogP contribution in [0, 0.1) is 5.92 Å². The van der Waals surface area contributed by atoms with Gasteiger partial charge in [0, 0.05) is 56.8 Å². The third kappa shape index (κ3) is 16.6. The molecule has 19 heteroatoms. The van der Waals surface area contributed by atoms with Gasteiger partial charge in [0.2, 0.25) is 17.7 Å². The van der Waals surface area contributed by atoms with Crippen molar-refractivity contribution in [2.45, 2.75) is 128 Å². The van der Waals surface area contributed by atoms with Crippen molar-refractivity contribution in [3.8, 4) is 11.5 Å². The minimum Gasteiger partial charge on any atom is -0.497 e. The highest BCUT2D eigenvalue weighted by Crippen LogP contribution is 2.43. The minimum atomic E-state index is -1.16. The lowest BCUT2D eigenvalue weighted by molar-refractivity contribution is -0.150. The number of H-pyrrole nitrogens is 1. The fourth-order valence-corrected chi connectivity index (χ4v) is 10.4. The maximum atomic E-state index is 14.2. The number of Topliss-reactive ketones (excluding diaryl/α,β-unsaturated/α-hetero) is 2. The summed E-state index contributed by atoms with van der Waals surface area (Å²) in [7, 11) is 5.93. The highest BCUT2D eigenvalue weighted by Gasteiger charge is 2.43. The average molecular weight is 1140 g/mol. The second kappa shape index (κ2) is 30.0. The molecule has 0 radical (unpaired) electrons. The Morgan fingerprint density at radius 3 is 2.00 bits per heavy atom. The number of ether oxygens (including phenoxy) is 5. The molecule has 1 fully saturated rings. The van der Waals surface area contributed by atoms with Crippen molar-refractivity contribution in [1.82, 2.24) is 25.8 Å². The number of methoxy groups -OCH3 is 3. The van der Waals surface area contributed by atoms with E-state index in [2.05, 4.69) is 25.9 Å². The second-order valence-corrected chi connectivity index (χ2v) is 21.1. The van der Waals surface area contributed by atoms with Gasteiger partial charge < -0.3 is 49.5 Å². The standard InChI is InChI=1S/C64H76N6O13/c1-41(2)61(76)69-55-37-54(72)59-44(38-66-60(59)68-55)23-20-42-18-21-43(22-19-42)62(77)67-53(63(78)81-6)33-28-49(71)16-12-7-8-13-17-57(74)70-39-52(83-58(75)35-34-56(73)65-3)36-48(70)40-82-64(45-14-10-9-11-15-45,46-24-29-50(79-4)30-25-46)47-26-31-51(80-5)32-27-47/h9-11,14-15,18-19,21-22,24-27,29-32,38,41,48,52-53,66H,7-8,12-13,16-17,20,23,28,33-37,39-40H2,1-6H3,(H,65,73)(H,67,77)(H,68,69,76)/t48-,52+,53-/m0/s1. The van der Waals surface area contributed by atoms with Crippen molar-refractivity contribution in [2.75, 3.05) is 41.5 Å². The fourth-order valence-electron chi connectivity index (χ4n) is 10.4. The molecule has 0 unspecified atom stereocenters. The van der Waals surface area contributed by atoms with Crippen LogP contribution in [-0.4, -0.2) is 123 Å². The topological polar surface area (TPSA) is 250 Å². The number of aromatic nitrogens is 1. The molecule has 2 aliphatic heterocycles. The summed E-state index contributed by atoms with van der Waals surface area (Å²) in [4.78, 5) is 113. The summed E-state index contributed by atoms with van der Waals surface area (Å²) in [5.41, 5.74) is 3.87. The predicted molar refractivity (Wildman–Crippen MR) is 310 cm³/mol. The molecule has 1 saturated heterocycles. The number of carbonyl (C=O) groups is 8. The summed E-state index contributed by atoms with van der Waals surface area (Å²) in [6, 6.07) is 30.5. The van der Waals surface area contributed by atoms with Crippen LogP contribution >= 0.6 is 0 Å². The molecule has 0 spiro atoms. The Hall–Kier alpha value is -8.45. The first kappa shape index (κ1) is 62.2. The van der Waals surface area contributed by atoms with Crippen LogP contribution in [0.5, 0.6) is 11.5 Å². The minimum absolute atomic E-state index is 0.000990. The Morgan fingerprint density at radius 1 is 0.747 bits per heavy atom. The number of benzene rings is 4. The molecule has 1 aromatic heterocycles. The Bertz CT molecular complexity index is 3030. The number of aliphatic imine (C=N–C) groups is 1. The van der Waals surface area contributed by atoms with Crippen LogP contribution in [0.1, 0.15) is 139 Å². The van der Waals surface area contributed by atoms with E-state index in [4.69, 9.17) is 23.7 Å². The van der Waals surface area contributed by atoms with Crippen LogP contribution in [0.15, 0.2) is 114 Å². The number of hydrogen-bond donors (Lipinski definition) is 4. The molecule has 2 aliphatic rings. The normalized spacial score (nSPS) is 15.1. The van der Waals surface area contributed by atoms with E-state index < -0.39 is 41.6 Å². The number of carbonyl (C=O) groups excluding carboxylic acids is 8. The summed E-state index contributed by atoms with van der Waals surface area (Å²) >= 11 is 0. The Kier molecular flexibility index (Phi) is 22.5. The van der Waals surface area contributed by atoms with Crippen LogP contribution in [0.2, 0.25) is 0 Å². The number of likely N-dealkylation sites (tertiary alicyclic amines) is 1. The third-order valence-corrected chi connectivity index (χ3v) is 15.1. The van der Waals surface area contributed by atoms with Gasteiger partial charge >= 0.3 is 11.9 Å². The van der Waals surface area contributed by atoms with Crippen molar-refractivity contribution in [3.63, 3.8) is 0 Å². The number of amides is 4. The van der Waals surface area contributed by atoms with Crippen molar-refractivity contribution in [2.24, 2.45) is 10.9 Å². The molecule has 4 aromatic carbocycles. The van der Waals surface area contributed by atoms with Gasteiger partial charge in [0.1, 0.15) is 46.7 Å². The molecule has 3 heterocycles. The van der Waals surface area contributed by atoms with Gasteiger partial charge in [-0.05, 0) is 96.3 Å². The first-order valence-corrected chi connectivity index (χ1v) is 28.3. The zero-order chi connectivity index (χ0) is 59.5. The number of ketones is 2. The molecule has 19 nitrogen and oxygen atoms in total. The lowest BCUT2D eigenvalue weighted by Gasteiger charge is -2.38. The zero-order valence-corrected chi connectivity index (χ0v) is 48.2. The molecular weight excluding hydrogens is 1060 g/mol. The fraction of sp³-hybridized carbons (Fsp3) is 0.422. The van der Waals surface area contributed by atoms with Crippen molar-refractivity contribution < 1.29 is 62.0 Å². The summed E-state index contributed by atoms with van der Waals surface area (Å²) in [6.07, 6.45) is 5.43. The SMILES string of the molecule is CNC(=O)CCC(=O)O[C@@H]1C[C@@H](COC(c2ccccc2)(c2ccc(OC)cc2)c2ccc(OC)cc2)N(C(=O)CCCCCCC(=O)CC[C@H](NC(=O)c2ccc(CCc3c[nH]c4c3C(=O)CC(NC(=O)C(C)C)=N4)cc2)C(=O)OC)C1. The molecule has 83 heavy (non-hydrogen) atoms. The van der Waals surface area contributed by atoms with E-state index in [0.717, 1.165) is 27.8 Å². The number of esters is 2. The van der Waals surface area contributed by atoms with Gasteiger partial charge in [-0.15, -0.1) is 0 Å². The molecule has 0 aliphatic carbocycles. The summed E-state index contributed by atoms with van der Waals surface area (Å²) in [6.45, 7) is 3.76. The number of rotatable bonds is 29. The summed E-state index contributed by atoms with van der Waals surface area (Å²) in [5.74, 6) is -0.708. The van der Waals surface area contributed by atoms with Crippen LogP contribution in [0.3, 0.4) is 0 Å². The molecule has 4 N–H and O–H groups in total. The third-order valence-electron chi connectivity index (χ3n) is 15.1. The van der Waals surface area contributed by atoms with E-state index in [9.17, 15) is 38.4 Å². The number of unbranched alkanes of at least 4 members (excludes halogenated alkanes) is 3. The lowest BCUT2D eigenvalue weighted by Crippen LogP contribution is -2.42. The smallest absolute Gasteiger partial charge is 0.328 e. The van der Waals surface area contributed by atoms with Crippen molar-refractivity contribution in [1.29, 1.82) is 0 Å². The monoisotopic (exact) mass is 1140 g/mol. The number of aromatic amines is 1. The molecule has 0 saturated carbocycles. The van der Waals surface area contributed by atoms with Crippen molar-refractivity contribution in [3.05, 3.63) is 148 Å². The van der Waals surface area contributed by atoms with Crippen LogP contribution < -0.4 is 25.4 Å². The first-order valence-electron chi connectivity index (χ1n) is 28.3. The second-order valence-electron chi connectivity index (χ2n) is 21.1. The largest absolute Gasteiger partial charge is 0.497 e. The van der Waals surface area contributed by atoms with Crippen LogP contribution in [0.25, 0.3) is 0 Å².